The zero-order chi connectivity index (χ0) is 13.8. The van der Waals surface area contributed by atoms with E-state index in [0.717, 1.165) is 4.90 Å². The van der Waals surface area contributed by atoms with Crippen molar-refractivity contribution in [2.75, 3.05) is 6.54 Å². The molecule has 0 aliphatic carbocycles. The van der Waals surface area contributed by atoms with Crippen molar-refractivity contribution in [2.24, 2.45) is 0 Å². The van der Waals surface area contributed by atoms with Gasteiger partial charge in [-0.2, -0.15) is 0 Å². The SMILES string of the molecule is O=C(O)CCCN1C(=O)C=C(c2ccccc2)C1=O. The highest BCUT2D eigenvalue weighted by atomic mass is 16.4. The van der Waals surface area contributed by atoms with Gasteiger partial charge >= 0.3 is 5.97 Å². The van der Waals surface area contributed by atoms with E-state index >= 15 is 0 Å². The van der Waals surface area contributed by atoms with Crippen molar-refractivity contribution in [1.82, 2.24) is 4.90 Å². The smallest absolute Gasteiger partial charge is 0.303 e. The van der Waals surface area contributed by atoms with E-state index in [-0.39, 0.29) is 31.2 Å². The van der Waals surface area contributed by atoms with Crippen LogP contribution in [0.15, 0.2) is 36.4 Å². The molecule has 0 fully saturated rings. The summed E-state index contributed by atoms with van der Waals surface area (Å²) in [5, 5.41) is 8.55. The van der Waals surface area contributed by atoms with Gasteiger partial charge in [0.05, 0.1) is 5.57 Å². The molecule has 0 radical (unpaired) electrons. The predicted octanol–water partition coefficient (Wildman–Crippen LogP) is 1.30. The van der Waals surface area contributed by atoms with Crippen LogP contribution in [0.5, 0.6) is 0 Å². The van der Waals surface area contributed by atoms with Crippen LogP contribution in [0.25, 0.3) is 5.57 Å². The van der Waals surface area contributed by atoms with Gasteiger partial charge in [-0.05, 0) is 12.0 Å². The second-order valence-corrected chi connectivity index (χ2v) is 4.22. The maximum absolute atomic E-state index is 12.1. The fraction of sp³-hybridized carbons (Fsp3) is 0.214. The molecule has 1 aromatic rings. The lowest BCUT2D eigenvalue weighted by Crippen LogP contribution is -2.32. The Labute approximate surface area is 110 Å². The van der Waals surface area contributed by atoms with Crippen LogP contribution in [0.4, 0.5) is 0 Å². The molecule has 98 valence electrons. The molecule has 19 heavy (non-hydrogen) atoms. The summed E-state index contributed by atoms with van der Waals surface area (Å²) in [5.74, 6) is -1.67. The minimum atomic E-state index is -0.935. The summed E-state index contributed by atoms with van der Waals surface area (Å²) in [6, 6.07) is 8.94. The maximum Gasteiger partial charge on any atom is 0.303 e. The van der Waals surface area contributed by atoms with Crippen molar-refractivity contribution in [2.45, 2.75) is 12.8 Å². The van der Waals surface area contributed by atoms with E-state index in [4.69, 9.17) is 5.11 Å². The van der Waals surface area contributed by atoms with E-state index in [1.807, 2.05) is 6.07 Å². The van der Waals surface area contributed by atoms with Gasteiger partial charge in [-0.1, -0.05) is 30.3 Å². The van der Waals surface area contributed by atoms with E-state index in [2.05, 4.69) is 0 Å². The van der Waals surface area contributed by atoms with Crippen molar-refractivity contribution < 1.29 is 19.5 Å². The summed E-state index contributed by atoms with van der Waals surface area (Å²) < 4.78 is 0. The first-order valence-electron chi connectivity index (χ1n) is 5.94. The summed E-state index contributed by atoms with van der Waals surface area (Å²) in [6.45, 7) is 0.136. The van der Waals surface area contributed by atoms with Gasteiger partial charge < -0.3 is 5.11 Å². The molecule has 0 atom stereocenters. The van der Waals surface area contributed by atoms with Gasteiger partial charge in [-0.3, -0.25) is 19.3 Å². The highest BCUT2D eigenvalue weighted by Crippen LogP contribution is 2.23. The van der Waals surface area contributed by atoms with E-state index < -0.39 is 5.97 Å². The molecule has 2 rings (SSSR count). The Hall–Kier alpha value is -2.43. The van der Waals surface area contributed by atoms with Crippen molar-refractivity contribution in [1.29, 1.82) is 0 Å². The van der Waals surface area contributed by atoms with Crippen molar-refractivity contribution in [3.8, 4) is 0 Å². The summed E-state index contributed by atoms with van der Waals surface area (Å²) >= 11 is 0. The van der Waals surface area contributed by atoms with Crippen LogP contribution in [-0.2, 0) is 14.4 Å². The molecule has 1 aliphatic rings. The second-order valence-electron chi connectivity index (χ2n) is 4.22. The van der Waals surface area contributed by atoms with Crippen molar-refractivity contribution in [3.63, 3.8) is 0 Å². The minimum absolute atomic E-state index is 0.0578. The topological polar surface area (TPSA) is 74.7 Å². The van der Waals surface area contributed by atoms with E-state index in [9.17, 15) is 14.4 Å². The van der Waals surface area contributed by atoms with Crippen LogP contribution in [-0.4, -0.2) is 34.3 Å². The zero-order valence-corrected chi connectivity index (χ0v) is 10.2. The third-order valence-corrected chi connectivity index (χ3v) is 2.87. The molecule has 1 aliphatic heterocycles. The number of aliphatic carboxylic acids is 1. The van der Waals surface area contributed by atoms with E-state index in [0.29, 0.717) is 11.1 Å². The molecule has 5 heteroatoms. The Morgan fingerprint density at radius 2 is 1.84 bits per heavy atom. The molecule has 5 nitrogen and oxygen atoms in total. The Kier molecular flexibility index (Phi) is 3.75. The Morgan fingerprint density at radius 3 is 2.47 bits per heavy atom. The first kappa shape index (κ1) is 13.0. The fourth-order valence-electron chi connectivity index (χ4n) is 1.93. The molecule has 1 aromatic carbocycles. The first-order valence-corrected chi connectivity index (χ1v) is 5.94. The summed E-state index contributed by atoms with van der Waals surface area (Å²) in [4.78, 5) is 35.3. The molecule has 0 unspecified atom stereocenters. The van der Waals surface area contributed by atoms with Crippen LogP contribution < -0.4 is 0 Å². The first-order chi connectivity index (χ1) is 9.09. The molecule has 1 N–H and O–H groups in total. The zero-order valence-electron chi connectivity index (χ0n) is 10.2. The number of nitrogens with zero attached hydrogens (tertiary/aromatic N) is 1. The lowest BCUT2D eigenvalue weighted by molar-refractivity contribution is -0.140. The standard InChI is InChI=1S/C14H13NO4/c16-12-9-11(10-5-2-1-3-6-10)14(19)15(12)8-4-7-13(17)18/h1-3,5-6,9H,4,7-8H2,(H,17,18). The third-order valence-electron chi connectivity index (χ3n) is 2.87. The molecule has 0 spiro atoms. The van der Waals surface area contributed by atoms with Crippen LogP contribution in [0.2, 0.25) is 0 Å². The molecule has 0 saturated heterocycles. The number of benzene rings is 1. The van der Waals surface area contributed by atoms with E-state index in [1.165, 1.54) is 6.08 Å². The molecule has 2 amide bonds. The highest BCUT2D eigenvalue weighted by molar-refractivity contribution is 6.33. The van der Waals surface area contributed by atoms with Crippen molar-refractivity contribution >= 4 is 23.4 Å². The van der Waals surface area contributed by atoms with E-state index in [1.54, 1.807) is 24.3 Å². The lowest BCUT2D eigenvalue weighted by atomic mass is 10.1. The quantitative estimate of drug-likeness (QED) is 0.809. The van der Waals surface area contributed by atoms with Gasteiger partial charge in [0.15, 0.2) is 0 Å². The molecular formula is C14H13NO4. The maximum atomic E-state index is 12.1. The fourth-order valence-corrected chi connectivity index (χ4v) is 1.93. The summed E-state index contributed by atoms with van der Waals surface area (Å²) in [6.07, 6.45) is 1.51. The average molecular weight is 259 g/mol. The summed E-state index contributed by atoms with van der Waals surface area (Å²) in [7, 11) is 0. The van der Waals surface area contributed by atoms with Gasteiger partial charge in [0.1, 0.15) is 0 Å². The number of imide groups is 1. The van der Waals surface area contributed by atoms with Gasteiger partial charge in [0.2, 0.25) is 0 Å². The minimum Gasteiger partial charge on any atom is -0.481 e. The van der Waals surface area contributed by atoms with Gasteiger partial charge in [0.25, 0.3) is 11.8 Å². The van der Waals surface area contributed by atoms with Gasteiger partial charge in [-0.15, -0.1) is 0 Å². The van der Waals surface area contributed by atoms with Gasteiger partial charge in [-0.25, -0.2) is 0 Å². The summed E-state index contributed by atoms with van der Waals surface area (Å²) in [5.41, 5.74) is 1.06. The molecular weight excluding hydrogens is 246 g/mol. The number of carbonyl (C=O) groups excluding carboxylic acids is 2. The largest absolute Gasteiger partial charge is 0.481 e. The number of hydrogen-bond donors (Lipinski definition) is 1. The lowest BCUT2D eigenvalue weighted by Gasteiger charge is -2.13. The van der Waals surface area contributed by atoms with Crippen LogP contribution in [0, 0.1) is 0 Å². The molecule has 1 heterocycles. The highest BCUT2D eigenvalue weighted by Gasteiger charge is 2.31. The molecule has 0 aromatic heterocycles. The van der Waals surface area contributed by atoms with Crippen LogP contribution in [0.3, 0.4) is 0 Å². The number of rotatable bonds is 5. The predicted molar refractivity (Wildman–Crippen MR) is 68.0 cm³/mol. The Bertz CT molecular complexity index is 548. The second kappa shape index (κ2) is 5.48. The Morgan fingerprint density at radius 1 is 1.16 bits per heavy atom. The number of carboxylic acids is 1. The van der Waals surface area contributed by atoms with Crippen molar-refractivity contribution in [3.05, 3.63) is 42.0 Å². The number of carboxylic acid groups (broad SMARTS) is 1. The number of hydrogen-bond acceptors (Lipinski definition) is 3. The normalized spacial score (nSPS) is 14.7. The number of amides is 2. The number of carbonyl (C=O) groups is 3. The van der Waals surface area contributed by atoms with Gasteiger partial charge in [0, 0.05) is 19.0 Å². The van der Waals surface area contributed by atoms with Crippen LogP contribution in [0.1, 0.15) is 18.4 Å². The monoisotopic (exact) mass is 259 g/mol. The Balaban J connectivity index is 2.07. The van der Waals surface area contributed by atoms with Crippen LogP contribution >= 0.6 is 0 Å². The average Bonchev–Trinajstić information content (AvgIpc) is 2.67. The third kappa shape index (κ3) is 2.88. The molecule has 0 saturated carbocycles. The molecule has 0 bridgehead atoms.